The molecule has 0 radical (unpaired) electrons. The van der Waals surface area contributed by atoms with Crippen molar-refractivity contribution in [3.8, 4) is 0 Å². The lowest BCUT2D eigenvalue weighted by Gasteiger charge is -2.33. The fourth-order valence-electron chi connectivity index (χ4n) is 2.02. The van der Waals surface area contributed by atoms with E-state index in [-0.39, 0.29) is 17.9 Å². The highest BCUT2D eigenvalue weighted by Gasteiger charge is 2.40. The van der Waals surface area contributed by atoms with Gasteiger partial charge in [-0.25, -0.2) is 0 Å². The predicted molar refractivity (Wildman–Crippen MR) is 53.5 cm³/mol. The number of carboxylic acids is 1. The largest absolute Gasteiger partial charge is 0.481 e. The summed E-state index contributed by atoms with van der Waals surface area (Å²) in [6, 6.07) is 0.282. The minimum Gasteiger partial charge on any atom is -0.481 e. The summed E-state index contributed by atoms with van der Waals surface area (Å²) in [6.45, 7) is 4.09. The Morgan fingerprint density at radius 1 is 1.60 bits per heavy atom. The molecule has 5 heteroatoms. The van der Waals surface area contributed by atoms with Crippen LogP contribution in [0.25, 0.3) is 0 Å². The molecule has 1 fully saturated rings. The third-order valence-electron chi connectivity index (χ3n) is 3.08. The van der Waals surface area contributed by atoms with Crippen LogP contribution < -0.4 is 0 Å². The van der Waals surface area contributed by atoms with Crippen LogP contribution in [0.4, 0.5) is 0 Å². The number of hydrogen-bond acceptors (Lipinski definition) is 3. The van der Waals surface area contributed by atoms with E-state index in [0.29, 0.717) is 0 Å². The van der Waals surface area contributed by atoms with Crippen LogP contribution in [0.5, 0.6) is 0 Å². The minimum atomic E-state index is -0.718. The van der Waals surface area contributed by atoms with E-state index >= 15 is 0 Å². The zero-order chi connectivity index (χ0) is 11.0. The number of nitrogens with zero attached hydrogens (tertiary/aromatic N) is 3. The van der Waals surface area contributed by atoms with Crippen molar-refractivity contribution < 1.29 is 9.90 Å². The van der Waals surface area contributed by atoms with Gasteiger partial charge in [0.05, 0.1) is 5.92 Å². The van der Waals surface area contributed by atoms with E-state index in [1.165, 1.54) is 0 Å². The number of carbonyl (C=O) groups is 1. The average molecular weight is 209 g/mol. The molecule has 0 bridgehead atoms. The number of hydrogen-bond donors (Lipinski definition) is 1. The Kier molecular flexibility index (Phi) is 2.46. The summed E-state index contributed by atoms with van der Waals surface area (Å²) >= 11 is 0. The van der Waals surface area contributed by atoms with Gasteiger partial charge in [0, 0.05) is 12.0 Å². The molecule has 2 rings (SSSR count). The van der Waals surface area contributed by atoms with Gasteiger partial charge < -0.3 is 9.67 Å². The van der Waals surface area contributed by atoms with Gasteiger partial charge in [-0.3, -0.25) is 4.79 Å². The summed E-state index contributed by atoms with van der Waals surface area (Å²) in [4.78, 5) is 10.9. The topological polar surface area (TPSA) is 68.0 Å². The van der Waals surface area contributed by atoms with Gasteiger partial charge in [0.1, 0.15) is 12.2 Å². The number of rotatable bonds is 3. The molecular formula is C10H15N3O2. The molecule has 15 heavy (non-hydrogen) atoms. The van der Waals surface area contributed by atoms with Crippen molar-refractivity contribution in [2.75, 3.05) is 0 Å². The Labute approximate surface area is 88.1 Å². The van der Waals surface area contributed by atoms with Crippen molar-refractivity contribution in [2.45, 2.75) is 38.6 Å². The number of aromatic nitrogens is 3. The SMILES string of the molecule is CC(C)n1cnnc1C1CCC1C(=O)O. The summed E-state index contributed by atoms with van der Waals surface area (Å²) in [7, 11) is 0. The lowest BCUT2D eigenvalue weighted by atomic mass is 9.73. The molecule has 0 saturated heterocycles. The van der Waals surface area contributed by atoms with E-state index in [1.807, 2.05) is 18.4 Å². The highest BCUT2D eigenvalue weighted by atomic mass is 16.4. The van der Waals surface area contributed by atoms with Crippen molar-refractivity contribution in [3.05, 3.63) is 12.2 Å². The first-order valence-electron chi connectivity index (χ1n) is 5.23. The molecule has 1 aliphatic rings. The molecule has 0 aliphatic heterocycles. The normalized spacial score (nSPS) is 25.3. The zero-order valence-electron chi connectivity index (χ0n) is 8.92. The molecule has 0 aromatic carbocycles. The first-order chi connectivity index (χ1) is 7.11. The maximum atomic E-state index is 10.9. The average Bonchev–Trinajstić information content (AvgIpc) is 2.49. The van der Waals surface area contributed by atoms with E-state index < -0.39 is 5.97 Å². The maximum Gasteiger partial charge on any atom is 0.307 e. The van der Waals surface area contributed by atoms with Crippen molar-refractivity contribution in [2.24, 2.45) is 5.92 Å². The van der Waals surface area contributed by atoms with E-state index in [9.17, 15) is 4.79 Å². The molecule has 1 N–H and O–H groups in total. The summed E-state index contributed by atoms with van der Waals surface area (Å²) < 4.78 is 1.96. The lowest BCUT2D eigenvalue weighted by Crippen LogP contribution is -2.33. The quantitative estimate of drug-likeness (QED) is 0.817. The molecule has 1 heterocycles. The van der Waals surface area contributed by atoms with Crippen molar-refractivity contribution >= 4 is 5.97 Å². The molecule has 0 spiro atoms. The van der Waals surface area contributed by atoms with Crippen molar-refractivity contribution in [3.63, 3.8) is 0 Å². The van der Waals surface area contributed by atoms with Gasteiger partial charge in [-0.2, -0.15) is 0 Å². The molecule has 5 nitrogen and oxygen atoms in total. The molecule has 82 valence electrons. The third kappa shape index (κ3) is 1.62. The Hall–Kier alpha value is -1.39. The molecule has 2 atom stereocenters. The van der Waals surface area contributed by atoms with Crippen LogP contribution >= 0.6 is 0 Å². The molecule has 1 saturated carbocycles. The van der Waals surface area contributed by atoms with Crippen LogP contribution in [0.3, 0.4) is 0 Å². The molecule has 1 aliphatic carbocycles. The second-order valence-corrected chi connectivity index (χ2v) is 4.32. The van der Waals surface area contributed by atoms with Crippen molar-refractivity contribution in [1.29, 1.82) is 0 Å². The van der Waals surface area contributed by atoms with Gasteiger partial charge in [0.2, 0.25) is 0 Å². The molecule has 2 unspecified atom stereocenters. The highest BCUT2D eigenvalue weighted by molar-refractivity contribution is 5.72. The Morgan fingerprint density at radius 2 is 2.33 bits per heavy atom. The van der Waals surface area contributed by atoms with Gasteiger partial charge in [0.25, 0.3) is 0 Å². The van der Waals surface area contributed by atoms with Gasteiger partial charge in [-0.05, 0) is 26.7 Å². The van der Waals surface area contributed by atoms with Gasteiger partial charge >= 0.3 is 5.97 Å². The summed E-state index contributed by atoms with van der Waals surface area (Å²) in [5.41, 5.74) is 0. The number of aliphatic carboxylic acids is 1. The first kappa shape index (κ1) is 10.1. The van der Waals surface area contributed by atoms with Gasteiger partial charge in [-0.15, -0.1) is 10.2 Å². The summed E-state index contributed by atoms with van der Waals surface area (Å²) in [6.07, 6.45) is 3.34. The van der Waals surface area contributed by atoms with Crippen LogP contribution in [-0.4, -0.2) is 25.8 Å². The minimum absolute atomic E-state index is 0.0485. The molecule has 0 amide bonds. The van der Waals surface area contributed by atoms with E-state index in [0.717, 1.165) is 18.7 Å². The van der Waals surface area contributed by atoms with Crippen LogP contribution in [0, 0.1) is 5.92 Å². The number of carboxylic acid groups (broad SMARTS) is 1. The van der Waals surface area contributed by atoms with Crippen LogP contribution in [0.2, 0.25) is 0 Å². The lowest BCUT2D eigenvalue weighted by molar-refractivity contribution is -0.145. The third-order valence-corrected chi connectivity index (χ3v) is 3.08. The second-order valence-electron chi connectivity index (χ2n) is 4.32. The fourth-order valence-corrected chi connectivity index (χ4v) is 2.02. The van der Waals surface area contributed by atoms with Crippen LogP contribution in [0.1, 0.15) is 44.5 Å². The highest BCUT2D eigenvalue weighted by Crippen LogP contribution is 2.42. The maximum absolute atomic E-state index is 10.9. The van der Waals surface area contributed by atoms with Crippen LogP contribution in [0.15, 0.2) is 6.33 Å². The van der Waals surface area contributed by atoms with E-state index in [1.54, 1.807) is 6.33 Å². The van der Waals surface area contributed by atoms with Gasteiger partial charge in [0.15, 0.2) is 0 Å². The van der Waals surface area contributed by atoms with Crippen molar-refractivity contribution in [1.82, 2.24) is 14.8 Å². The molecule has 1 aromatic rings. The smallest absolute Gasteiger partial charge is 0.307 e. The fraction of sp³-hybridized carbons (Fsp3) is 0.700. The van der Waals surface area contributed by atoms with E-state index in [2.05, 4.69) is 10.2 Å². The van der Waals surface area contributed by atoms with Gasteiger partial charge in [-0.1, -0.05) is 0 Å². The second kappa shape index (κ2) is 3.64. The van der Waals surface area contributed by atoms with E-state index in [4.69, 9.17) is 5.11 Å². The summed E-state index contributed by atoms with van der Waals surface area (Å²) in [5, 5.41) is 16.9. The van der Waals surface area contributed by atoms with Crippen LogP contribution in [-0.2, 0) is 4.79 Å². The standard InChI is InChI=1S/C10H15N3O2/c1-6(2)13-5-11-12-9(13)7-3-4-8(7)10(14)15/h5-8H,3-4H2,1-2H3,(H,14,15). The molecule has 1 aromatic heterocycles. The Bertz CT molecular complexity index is 372. The Morgan fingerprint density at radius 3 is 2.80 bits per heavy atom. The predicted octanol–water partition coefficient (Wildman–Crippen LogP) is 1.44. The monoisotopic (exact) mass is 209 g/mol. The zero-order valence-corrected chi connectivity index (χ0v) is 8.92. The first-order valence-corrected chi connectivity index (χ1v) is 5.23. The Balaban J connectivity index is 2.23. The molecular weight excluding hydrogens is 194 g/mol. The summed E-state index contributed by atoms with van der Waals surface area (Å²) in [5.74, 6) is -0.118.